The molecule has 1 amide bonds. The molecule has 2 heterocycles. The van der Waals surface area contributed by atoms with Crippen molar-refractivity contribution in [3.05, 3.63) is 28.5 Å². The number of rotatable bonds is 1. The Kier molecular flexibility index (Phi) is 3.56. The van der Waals surface area contributed by atoms with Crippen molar-refractivity contribution >= 4 is 21.8 Å². The first-order valence-corrected chi connectivity index (χ1v) is 6.11. The number of carbonyl (C=O) groups is 1. The zero-order valence-corrected chi connectivity index (χ0v) is 10.5. The monoisotopic (exact) mass is 283 g/mol. The molecule has 0 spiro atoms. The number of nitrogens with zero attached hydrogens (tertiary/aromatic N) is 2. The van der Waals surface area contributed by atoms with Gasteiger partial charge in [0.15, 0.2) is 0 Å². The number of hydrogen-bond acceptors (Lipinski definition) is 3. The van der Waals surface area contributed by atoms with Crippen LogP contribution in [-0.4, -0.2) is 34.9 Å². The van der Waals surface area contributed by atoms with Crippen molar-refractivity contribution in [2.45, 2.75) is 18.9 Å². The van der Waals surface area contributed by atoms with Gasteiger partial charge in [-0.2, -0.15) is 0 Å². The van der Waals surface area contributed by atoms with Gasteiger partial charge in [-0.1, -0.05) is 0 Å². The lowest BCUT2D eigenvalue weighted by atomic mass is 10.1. The maximum Gasteiger partial charge on any atom is 0.255 e. The second kappa shape index (κ2) is 4.93. The van der Waals surface area contributed by atoms with E-state index in [0.29, 0.717) is 12.1 Å². The van der Waals surface area contributed by atoms with Crippen LogP contribution < -0.4 is 5.73 Å². The minimum atomic E-state index is 0.0175. The molecule has 1 saturated heterocycles. The summed E-state index contributed by atoms with van der Waals surface area (Å²) in [6, 6.07) is 1.90. The highest BCUT2D eigenvalue weighted by atomic mass is 79.9. The molecule has 0 aliphatic carbocycles. The van der Waals surface area contributed by atoms with Crippen LogP contribution in [0.3, 0.4) is 0 Å². The molecule has 1 aromatic heterocycles. The Morgan fingerprint density at radius 3 is 3.06 bits per heavy atom. The van der Waals surface area contributed by atoms with Crippen molar-refractivity contribution in [1.29, 1.82) is 0 Å². The lowest BCUT2D eigenvalue weighted by Gasteiger charge is -2.30. The summed E-state index contributed by atoms with van der Waals surface area (Å²) < 4.78 is 0.819. The van der Waals surface area contributed by atoms with E-state index in [1.54, 1.807) is 23.4 Å². The number of halogens is 1. The molecule has 4 nitrogen and oxygen atoms in total. The van der Waals surface area contributed by atoms with Gasteiger partial charge in [-0.25, -0.2) is 0 Å². The van der Waals surface area contributed by atoms with E-state index in [-0.39, 0.29) is 11.9 Å². The Hall–Kier alpha value is -0.940. The van der Waals surface area contributed by atoms with Crippen molar-refractivity contribution in [3.63, 3.8) is 0 Å². The van der Waals surface area contributed by atoms with Gasteiger partial charge in [-0.15, -0.1) is 0 Å². The predicted octanol–water partition coefficient (Wildman–Crippen LogP) is 1.41. The lowest BCUT2D eigenvalue weighted by Crippen LogP contribution is -2.45. The zero-order chi connectivity index (χ0) is 11.5. The molecule has 1 aliphatic heterocycles. The maximum atomic E-state index is 12.1. The third-order valence-corrected chi connectivity index (χ3v) is 3.13. The van der Waals surface area contributed by atoms with E-state index in [1.165, 1.54) is 0 Å². The highest BCUT2D eigenvalue weighted by Gasteiger charge is 2.22. The first-order chi connectivity index (χ1) is 7.66. The molecule has 1 aromatic rings. The molecule has 0 saturated carbocycles. The van der Waals surface area contributed by atoms with E-state index in [4.69, 9.17) is 5.73 Å². The van der Waals surface area contributed by atoms with E-state index in [1.807, 2.05) is 0 Å². The van der Waals surface area contributed by atoms with Crippen LogP contribution in [0.2, 0.25) is 0 Å². The molecule has 0 aromatic carbocycles. The molecule has 86 valence electrons. The average Bonchev–Trinajstić information content (AvgIpc) is 2.28. The number of aromatic nitrogens is 1. The van der Waals surface area contributed by atoms with Gasteiger partial charge in [-0.05, 0) is 34.8 Å². The Morgan fingerprint density at radius 1 is 1.56 bits per heavy atom. The number of hydrogen-bond donors (Lipinski definition) is 1. The largest absolute Gasteiger partial charge is 0.337 e. The first kappa shape index (κ1) is 11.5. The summed E-state index contributed by atoms with van der Waals surface area (Å²) >= 11 is 3.31. The van der Waals surface area contributed by atoms with Crippen molar-refractivity contribution < 1.29 is 4.79 Å². The van der Waals surface area contributed by atoms with E-state index in [9.17, 15) is 4.79 Å². The maximum absolute atomic E-state index is 12.1. The van der Waals surface area contributed by atoms with Gasteiger partial charge in [-0.3, -0.25) is 9.78 Å². The fraction of sp³-hybridized carbons (Fsp3) is 0.455. The highest BCUT2D eigenvalue weighted by molar-refractivity contribution is 9.10. The van der Waals surface area contributed by atoms with Gasteiger partial charge >= 0.3 is 0 Å². The second-order valence-electron chi connectivity index (χ2n) is 4.05. The van der Waals surface area contributed by atoms with E-state index < -0.39 is 0 Å². The smallest absolute Gasteiger partial charge is 0.255 e. The van der Waals surface area contributed by atoms with Crippen LogP contribution in [0.5, 0.6) is 0 Å². The number of piperidine rings is 1. The SMILES string of the molecule is NC1CCCN(C(=O)c2cncc(Br)c2)C1. The summed E-state index contributed by atoms with van der Waals surface area (Å²) in [5, 5.41) is 0. The molecule has 1 aliphatic rings. The van der Waals surface area contributed by atoms with Crippen LogP contribution >= 0.6 is 15.9 Å². The number of pyridine rings is 1. The average molecular weight is 284 g/mol. The number of carbonyl (C=O) groups excluding carboxylic acids is 1. The topological polar surface area (TPSA) is 59.2 Å². The predicted molar refractivity (Wildman–Crippen MR) is 65.0 cm³/mol. The Morgan fingerprint density at radius 2 is 2.38 bits per heavy atom. The van der Waals surface area contributed by atoms with E-state index >= 15 is 0 Å². The molecule has 2 N–H and O–H groups in total. The van der Waals surface area contributed by atoms with Crippen LogP contribution in [0.15, 0.2) is 22.9 Å². The van der Waals surface area contributed by atoms with Crippen molar-refractivity contribution in [3.8, 4) is 0 Å². The van der Waals surface area contributed by atoms with Crippen LogP contribution in [0.4, 0.5) is 0 Å². The minimum Gasteiger partial charge on any atom is -0.337 e. The van der Waals surface area contributed by atoms with Crippen LogP contribution in [-0.2, 0) is 0 Å². The molecule has 1 unspecified atom stereocenters. The highest BCUT2D eigenvalue weighted by Crippen LogP contribution is 2.15. The van der Waals surface area contributed by atoms with Crippen LogP contribution in [0.25, 0.3) is 0 Å². The molecule has 5 heteroatoms. The molecule has 2 rings (SSSR count). The van der Waals surface area contributed by atoms with Crippen molar-refractivity contribution in [2.24, 2.45) is 5.73 Å². The van der Waals surface area contributed by atoms with Gasteiger partial charge < -0.3 is 10.6 Å². The molecular weight excluding hydrogens is 270 g/mol. The van der Waals surface area contributed by atoms with Gasteiger partial charge in [0.2, 0.25) is 0 Å². The summed E-state index contributed by atoms with van der Waals surface area (Å²) in [7, 11) is 0. The lowest BCUT2D eigenvalue weighted by molar-refractivity contribution is 0.0708. The Bertz CT molecular complexity index is 397. The Labute approximate surface area is 103 Å². The van der Waals surface area contributed by atoms with Crippen molar-refractivity contribution in [1.82, 2.24) is 9.88 Å². The molecule has 1 atom stereocenters. The third kappa shape index (κ3) is 2.59. The Balaban J connectivity index is 2.12. The van der Waals surface area contributed by atoms with Crippen LogP contribution in [0.1, 0.15) is 23.2 Å². The molecule has 0 radical (unpaired) electrons. The third-order valence-electron chi connectivity index (χ3n) is 2.70. The number of nitrogens with two attached hydrogens (primary N) is 1. The summed E-state index contributed by atoms with van der Waals surface area (Å²) in [6.07, 6.45) is 5.24. The summed E-state index contributed by atoms with van der Waals surface area (Å²) in [5.74, 6) is 0.0175. The van der Waals surface area contributed by atoms with E-state index in [2.05, 4.69) is 20.9 Å². The van der Waals surface area contributed by atoms with Gasteiger partial charge in [0, 0.05) is 36.0 Å². The second-order valence-corrected chi connectivity index (χ2v) is 4.96. The summed E-state index contributed by atoms with van der Waals surface area (Å²) in [4.78, 5) is 17.9. The van der Waals surface area contributed by atoms with Gasteiger partial charge in [0.05, 0.1) is 5.56 Å². The molecule has 0 bridgehead atoms. The summed E-state index contributed by atoms with van der Waals surface area (Å²) in [6.45, 7) is 1.43. The fourth-order valence-electron chi connectivity index (χ4n) is 1.91. The molecular formula is C11H14BrN3O. The van der Waals surface area contributed by atoms with E-state index in [0.717, 1.165) is 23.9 Å². The normalized spacial score (nSPS) is 20.9. The zero-order valence-electron chi connectivity index (χ0n) is 8.90. The van der Waals surface area contributed by atoms with Gasteiger partial charge in [0.25, 0.3) is 5.91 Å². The van der Waals surface area contributed by atoms with Crippen molar-refractivity contribution in [2.75, 3.05) is 13.1 Å². The molecule has 1 fully saturated rings. The number of amides is 1. The fourth-order valence-corrected chi connectivity index (χ4v) is 2.27. The standard InChI is InChI=1S/C11H14BrN3O/c12-9-4-8(5-14-6-9)11(16)15-3-1-2-10(13)7-15/h4-6,10H,1-3,7,13H2. The first-order valence-electron chi connectivity index (χ1n) is 5.32. The van der Waals surface area contributed by atoms with Crippen LogP contribution in [0, 0.1) is 0 Å². The van der Waals surface area contributed by atoms with Gasteiger partial charge in [0.1, 0.15) is 0 Å². The minimum absolute atomic E-state index is 0.0175. The summed E-state index contributed by atoms with van der Waals surface area (Å²) in [5.41, 5.74) is 6.47. The molecule has 16 heavy (non-hydrogen) atoms. The number of likely N-dealkylation sites (tertiary alicyclic amines) is 1. The quantitative estimate of drug-likeness (QED) is 0.848.